The molecular formula is C3Cl3F4OP. The fraction of sp³-hybridized carbons (Fsp3) is 0.333. The molecule has 0 heterocycles. The largest absolute Gasteiger partial charge is 0.365 e. The first-order chi connectivity index (χ1) is 5.10. The third kappa shape index (κ3) is 2.52. The quantitative estimate of drug-likeness (QED) is 0.527. The highest BCUT2D eigenvalue weighted by atomic mass is 35.9. The van der Waals surface area contributed by atoms with E-state index in [1.807, 2.05) is 0 Å². The Morgan fingerprint density at radius 3 is 1.67 bits per heavy atom. The molecule has 0 N–H and O–H groups in total. The van der Waals surface area contributed by atoms with Crippen LogP contribution in [0.2, 0.25) is 0 Å². The van der Waals surface area contributed by atoms with Crippen LogP contribution in [0.3, 0.4) is 0 Å². The maximum Gasteiger partial charge on any atom is 0.365 e. The van der Waals surface area contributed by atoms with Gasteiger partial charge in [0, 0.05) is 0 Å². The van der Waals surface area contributed by atoms with Crippen molar-refractivity contribution in [2.75, 3.05) is 0 Å². The Labute approximate surface area is 79.2 Å². The second-order valence-corrected chi connectivity index (χ2v) is 6.82. The highest BCUT2D eigenvalue weighted by Gasteiger charge is 2.53. The molecule has 0 rings (SSSR count). The van der Waals surface area contributed by atoms with Crippen LogP contribution in [0, 0.1) is 0 Å². The molecule has 1 nitrogen and oxygen atoms in total. The molecule has 0 radical (unpaired) electrons. The fourth-order valence-electron chi connectivity index (χ4n) is 0.228. The molecule has 0 unspecified atom stereocenters. The van der Waals surface area contributed by atoms with Crippen LogP contribution in [0.15, 0.2) is 11.1 Å². The minimum atomic E-state index is -5.04. The average Bonchev–Trinajstić information content (AvgIpc) is 1.83. The average molecular weight is 265 g/mol. The van der Waals surface area contributed by atoms with Crippen LogP contribution < -0.4 is 0 Å². The van der Waals surface area contributed by atoms with Crippen molar-refractivity contribution in [3.8, 4) is 0 Å². The zero-order valence-electron chi connectivity index (χ0n) is 5.00. The van der Waals surface area contributed by atoms with Crippen molar-refractivity contribution in [1.29, 1.82) is 0 Å². The number of hydrogen-bond acceptors (Lipinski definition) is 1. The normalized spacial score (nSPS) is 12.9. The molecule has 0 fully saturated rings. The molecule has 0 saturated carbocycles. The lowest BCUT2D eigenvalue weighted by Crippen LogP contribution is -2.12. The van der Waals surface area contributed by atoms with Gasteiger partial charge in [-0.2, -0.15) is 17.6 Å². The lowest BCUT2D eigenvalue weighted by atomic mass is 10.6. The molecule has 0 aromatic heterocycles. The van der Waals surface area contributed by atoms with Crippen molar-refractivity contribution in [3.05, 3.63) is 11.1 Å². The molecule has 0 spiro atoms. The van der Waals surface area contributed by atoms with Gasteiger partial charge in [0.25, 0.3) is 6.08 Å². The van der Waals surface area contributed by atoms with Crippen LogP contribution in [0.4, 0.5) is 17.6 Å². The Balaban J connectivity index is 5.15. The molecule has 12 heavy (non-hydrogen) atoms. The van der Waals surface area contributed by atoms with Gasteiger partial charge in [0.2, 0.25) is 0 Å². The van der Waals surface area contributed by atoms with Crippen LogP contribution >= 0.6 is 39.9 Å². The SMILES string of the molecule is O=P(Cl)(Cl)C(F)(F)C(Cl)=C(F)F. The summed E-state index contributed by atoms with van der Waals surface area (Å²) in [7, 11) is 0. The first kappa shape index (κ1) is 12.6. The van der Waals surface area contributed by atoms with E-state index in [4.69, 9.17) is 0 Å². The molecule has 0 saturated heterocycles. The first-order valence-electron chi connectivity index (χ1n) is 2.19. The minimum Gasteiger partial charge on any atom is -0.282 e. The predicted molar refractivity (Wildman–Crippen MR) is 39.4 cm³/mol. The van der Waals surface area contributed by atoms with E-state index >= 15 is 0 Å². The first-order valence-corrected chi connectivity index (χ1v) is 6.08. The van der Waals surface area contributed by atoms with Crippen molar-refractivity contribution in [3.63, 3.8) is 0 Å². The van der Waals surface area contributed by atoms with Gasteiger partial charge in [0.1, 0.15) is 0 Å². The molecule has 0 aliphatic heterocycles. The number of hydrogen-bond donors (Lipinski definition) is 0. The third-order valence-electron chi connectivity index (χ3n) is 0.757. The van der Waals surface area contributed by atoms with Gasteiger partial charge >= 0.3 is 11.5 Å². The monoisotopic (exact) mass is 264 g/mol. The van der Waals surface area contributed by atoms with Crippen molar-refractivity contribution in [2.24, 2.45) is 0 Å². The van der Waals surface area contributed by atoms with E-state index in [2.05, 4.69) is 34.1 Å². The van der Waals surface area contributed by atoms with Crippen LogP contribution in [-0.4, -0.2) is 5.66 Å². The minimum absolute atomic E-state index is 2.20. The zero-order valence-corrected chi connectivity index (χ0v) is 8.16. The molecule has 0 atom stereocenters. The Morgan fingerprint density at radius 2 is 1.58 bits per heavy atom. The smallest absolute Gasteiger partial charge is 0.282 e. The Kier molecular flexibility index (Phi) is 3.92. The summed E-state index contributed by atoms with van der Waals surface area (Å²) < 4.78 is 58.0. The van der Waals surface area contributed by atoms with Gasteiger partial charge in [-0.25, -0.2) is 0 Å². The van der Waals surface area contributed by atoms with Crippen molar-refractivity contribution in [1.82, 2.24) is 0 Å². The van der Waals surface area contributed by atoms with E-state index < -0.39 is 22.6 Å². The van der Waals surface area contributed by atoms with Gasteiger partial charge in [-0.3, -0.25) is 4.57 Å². The van der Waals surface area contributed by atoms with Gasteiger partial charge in [-0.15, -0.1) is 0 Å². The van der Waals surface area contributed by atoms with E-state index in [0.29, 0.717) is 0 Å². The predicted octanol–water partition coefficient (Wildman–Crippen LogP) is 4.60. The van der Waals surface area contributed by atoms with E-state index in [9.17, 15) is 22.1 Å². The Hall–Kier alpha value is 0.560. The van der Waals surface area contributed by atoms with Gasteiger partial charge in [0.15, 0.2) is 5.03 Å². The van der Waals surface area contributed by atoms with Gasteiger partial charge < -0.3 is 0 Å². The highest BCUT2D eigenvalue weighted by molar-refractivity contribution is 8.09. The topological polar surface area (TPSA) is 17.1 Å². The molecule has 0 aliphatic rings. The van der Waals surface area contributed by atoms with Gasteiger partial charge in [-0.1, -0.05) is 11.6 Å². The number of alkyl halides is 2. The molecular weight excluding hydrogens is 265 g/mol. The standard InChI is InChI=1S/C3Cl3F4OP/c4-1(2(7)8)3(9,10)12(5,6)11. The van der Waals surface area contributed by atoms with Crippen molar-refractivity contribution >= 4 is 39.9 Å². The van der Waals surface area contributed by atoms with Gasteiger partial charge in [0.05, 0.1) is 0 Å². The highest BCUT2D eigenvalue weighted by Crippen LogP contribution is 2.71. The maximum absolute atomic E-state index is 12.4. The lowest BCUT2D eigenvalue weighted by Gasteiger charge is -2.14. The number of allylic oxidation sites excluding steroid dienone is 1. The van der Waals surface area contributed by atoms with Crippen LogP contribution in [0.1, 0.15) is 0 Å². The summed E-state index contributed by atoms with van der Waals surface area (Å²) in [5.41, 5.74) is -4.60. The maximum atomic E-state index is 12.4. The Bertz CT molecular complexity index is 254. The van der Waals surface area contributed by atoms with Crippen LogP contribution in [0.25, 0.3) is 0 Å². The molecule has 9 heteroatoms. The van der Waals surface area contributed by atoms with Crippen LogP contribution in [-0.2, 0) is 4.57 Å². The molecule has 0 amide bonds. The lowest BCUT2D eigenvalue weighted by molar-refractivity contribution is 0.138. The summed E-state index contributed by atoms with van der Waals surface area (Å²) in [5.74, 6) is -5.04. The second-order valence-electron chi connectivity index (χ2n) is 1.58. The van der Waals surface area contributed by atoms with Crippen LogP contribution in [0.5, 0.6) is 0 Å². The van der Waals surface area contributed by atoms with Gasteiger partial charge in [-0.05, 0) is 22.5 Å². The summed E-state index contributed by atoms with van der Waals surface area (Å²) in [6.07, 6.45) is -2.87. The summed E-state index contributed by atoms with van der Waals surface area (Å²) >= 11 is 13.4. The van der Waals surface area contributed by atoms with E-state index in [-0.39, 0.29) is 0 Å². The summed E-state index contributed by atoms with van der Waals surface area (Å²) in [5, 5.41) is -2.20. The fourth-order valence-corrected chi connectivity index (χ4v) is 1.66. The number of rotatable bonds is 2. The van der Waals surface area contributed by atoms with Crippen molar-refractivity contribution < 1.29 is 22.1 Å². The summed E-state index contributed by atoms with van der Waals surface area (Å²) in [4.78, 5) is 0. The molecule has 0 bridgehead atoms. The third-order valence-corrected chi connectivity index (χ3v) is 3.42. The van der Waals surface area contributed by atoms with E-state index in [0.717, 1.165) is 0 Å². The second kappa shape index (κ2) is 3.74. The molecule has 0 aromatic carbocycles. The molecule has 0 aliphatic carbocycles. The zero-order chi connectivity index (χ0) is 10.2. The summed E-state index contributed by atoms with van der Waals surface area (Å²) in [6, 6.07) is 0. The summed E-state index contributed by atoms with van der Waals surface area (Å²) in [6.45, 7) is 0. The van der Waals surface area contributed by atoms with E-state index in [1.165, 1.54) is 0 Å². The Morgan fingerprint density at radius 1 is 1.25 bits per heavy atom. The van der Waals surface area contributed by atoms with Crippen molar-refractivity contribution in [2.45, 2.75) is 5.66 Å². The van der Waals surface area contributed by atoms with E-state index in [1.54, 1.807) is 0 Å². The molecule has 0 aromatic rings. The number of halogens is 7. The molecule has 72 valence electrons.